The lowest BCUT2D eigenvalue weighted by Gasteiger charge is -2.17. The zero-order valence-corrected chi connectivity index (χ0v) is 15.2. The molecule has 0 aliphatic heterocycles. The van der Waals surface area contributed by atoms with E-state index < -0.39 is 29.6 Å². The molecule has 0 aliphatic rings. The number of nitrogens with one attached hydrogen (secondary N) is 2. The predicted octanol–water partition coefficient (Wildman–Crippen LogP) is 3.01. The van der Waals surface area contributed by atoms with Gasteiger partial charge in [0, 0.05) is 23.8 Å². The van der Waals surface area contributed by atoms with Gasteiger partial charge >= 0.3 is 6.18 Å². The van der Waals surface area contributed by atoms with E-state index in [4.69, 9.17) is 0 Å². The second kappa shape index (κ2) is 9.40. The minimum Gasteiger partial charge on any atom is -0.349 e. The summed E-state index contributed by atoms with van der Waals surface area (Å²) in [5, 5.41) is 5.18. The number of carbonyl (C=O) groups is 2. The Morgan fingerprint density at radius 2 is 1.96 bits per heavy atom. The van der Waals surface area contributed by atoms with Gasteiger partial charge in [-0.05, 0) is 30.3 Å². The summed E-state index contributed by atoms with van der Waals surface area (Å²) >= 11 is 1.06. The highest BCUT2D eigenvalue weighted by Gasteiger charge is 2.30. The van der Waals surface area contributed by atoms with Crippen molar-refractivity contribution in [3.05, 3.63) is 59.9 Å². The summed E-state index contributed by atoms with van der Waals surface area (Å²) in [6.45, 7) is 1.46. The summed E-state index contributed by atoms with van der Waals surface area (Å²) in [7, 11) is 0. The standard InChI is InChI=1S/C18H18F3N3O2S/c1-12(25)24-16(17(26)23-10-14-6-2-3-8-22-14)11-27-15-7-4-5-13(9-15)18(19,20)21/h2-9,16H,10-11H2,1H3,(H,23,26)(H,24,25). The molecule has 1 atom stereocenters. The molecule has 1 aromatic heterocycles. The molecular formula is C18H18F3N3O2S. The number of alkyl halides is 3. The number of amides is 2. The van der Waals surface area contributed by atoms with E-state index in [1.807, 2.05) is 0 Å². The molecule has 0 saturated carbocycles. The van der Waals surface area contributed by atoms with Gasteiger partial charge in [-0.1, -0.05) is 12.1 Å². The van der Waals surface area contributed by atoms with Crippen LogP contribution < -0.4 is 10.6 Å². The van der Waals surface area contributed by atoms with Crippen LogP contribution in [0.1, 0.15) is 18.2 Å². The third-order valence-corrected chi connectivity index (χ3v) is 4.53. The van der Waals surface area contributed by atoms with Gasteiger partial charge in [0.1, 0.15) is 6.04 Å². The fourth-order valence-corrected chi connectivity index (χ4v) is 3.15. The first-order valence-electron chi connectivity index (χ1n) is 8.00. The quantitative estimate of drug-likeness (QED) is 0.705. The Hall–Kier alpha value is -2.55. The van der Waals surface area contributed by atoms with E-state index in [1.165, 1.54) is 19.1 Å². The molecule has 1 aromatic carbocycles. The van der Waals surface area contributed by atoms with Crippen LogP contribution in [0.4, 0.5) is 13.2 Å². The number of hydrogen-bond donors (Lipinski definition) is 2. The topological polar surface area (TPSA) is 71.1 Å². The first-order valence-corrected chi connectivity index (χ1v) is 8.99. The predicted molar refractivity (Wildman–Crippen MR) is 95.9 cm³/mol. The summed E-state index contributed by atoms with van der Waals surface area (Å²) < 4.78 is 38.4. The molecule has 0 fully saturated rings. The maximum absolute atomic E-state index is 12.8. The average molecular weight is 397 g/mol. The van der Waals surface area contributed by atoms with Crippen molar-refractivity contribution in [3.63, 3.8) is 0 Å². The molecule has 0 saturated heterocycles. The van der Waals surface area contributed by atoms with E-state index in [-0.39, 0.29) is 12.3 Å². The minimum absolute atomic E-state index is 0.0922. The number of aromatic nitrogens is 1. The van der Waals surface area contributed by atoms with Crippen molar-refractivity contribution in [1.82, 2.24) is 15.6 Å². The second-order valence-electron chi connectivity index (χ2n) is 5.63. The van der Waals surface area contributed by atoms with Crippen LogP contribution in [-0.2, 0) is 22.3 Å². The average Bonchev–Trinajstić information content (AvgIpc) is 2.63. The van der Waals surface area contributed by atoms with Gasteiger partial charge in [0.25, 0.3) is 0 Å². The van der Waals surface area contributed by atoms with Crippen molar-refractivity contribution in [3.8, 4) is 0 Å². The molecule has 9 heteroatoms. The van der Waals surface area contributed by atoms with Gasteiger partial charge in [-0.2, -0.15) is 13.2 Å². The van der Waals surface area contributed by atoms with Gasteiger partial charge < -0.3 is 10.6 Å². The number of benzene rings is 1. The van der Waals surface area contributed by atoms with Crippen molar-refractivity contribution in [2.75, 3.05) is 5.75 Å². The summed E-state index contributed by atoms with van der Waals surface area (Å²) in [6, 6.07) is 9.21. The van der Waals surface area contributed by atoms with Gasteiger partial charge in [0.2, 0.25) is 11.8 Å². The lowest BCUT2D eigenvalue weighted by molar-refractivity contribution is -0.137. The molecule has 27 heavy (non-hydrogen) atoms. The fraction of sp³-hybridized carbons (Fsp3) is 0.278. The van der Waals surface area contributed by atoms with E-state index >= 15 is 0 Å². The smallest absolute Gasteiger partial charge is 0.349 e. The molecule has 2 N–H and O–H groups in total. The van der Waals surface area contributed by atoms with E-state index in [0.29, 0.717) is 10.6 Å². The van der Waals surface area contributed by atoms with Crippen LogP contribution in [0.2, 0.25) is 0 Å². The van der Waals surface area contributed by atoms with Crippen molar-refractivity contribution in [2.45, 2.75) is 30.6 Å². The van der Waals surface area contributed by atoms with Crippen molar-refractivity contribution < 1.29 is 22.8 Å². The number of thioether (sulfide) groups is 1. The van der Waals surface area contributed by atoms with Crippen molar-refractivity contribution in [2.24, 2.45) is 0 Å². The van der Waals surface area contributed by atoms with Crippen LogP contribution >= 0.6 is 11.8 Å². The largest absolute Gasteiger partial charge is 0.416 e. The Kier molecular flexibility index (Phi) is 7.23. The second-order valence-corrected chi connectivity index (χ2v) is 6.72. The minimum atomic E-state index is -4.44. The number of carbonyl (C=O) groups excluding carboxylic acids is 2. The Bertz CT molecular complexity index is 785. The Balaban J connectivity index is 1.99. The van der Waals surface area contributed by atoms with Crippen LogP contribution in [0.5, 0.6) is 0 Å². The van der Waals surface area contributed by atoms with Gasteiger partial charge in [0.05, 0.1) is 17.8 Å². The highest BCUT2D eigenvalue weighted by molar-refractivity contribution is 7.99. The number of pyridine rings is 1. The summed E-state index contributed by atoms with van der Waals surface area (Å²) in [5.41, 5.74) is -0.110. The maximum atomic E-state index is 12.8. The molecule has 1 heterocycles. The molecule has 2 rings (SSSR count). The van der Waals surface area contributed by atoms with E-state index in [2.05, 4.69) is 15.6 Å². The first-order chi connectivity index (χ1) is 12.8. The normalized spacial score (nSPS) is 12.3. The van der Waals surface area contributed by atoms with E-state index in [0.717, 1.165) is 23.9 Å². The Morgan fingerprint density at radius 3 is 2.59 bits per heavy atom. The summed E-state index contributed by atoms with van der Waals surface area (Å²) in [5.74, 6) is -0.748. The number of rotatable bonds is 7. The van der Waals surface area contributed by atoms with Gasteiger partial charge in [-0.3, -0.25) is 14.6 Å². The molecule has 2 aromatic rings. The number of hydrogen-bond acceptors (Lipinski definition) is 4. The number of nitrogens with zero attached hydrogens (tertiary/aromatic N) is 1. The molecule has 5 nitrogen and oxygen atoms in total. The van der Waals surface area contributed by atoms with Crippen LogP contribution in [0.15, 0.2) is 53.6 Å². The van der Waals surface area contributed by atoms with Crippen LogP contribution in [0.3, 0.4) is 0 Å². The van der Waals surface area contributed by atoms with Crippen molar-refractivity contribution in [1.29, 1.82) is 0 Å². The molecule has 0 radical (unpaired) electrons. The Labute approximate surface area is 158 Å². The maximum Gasteiger partial charge on any atom is 0.416 e. The van der Waals surface area contributed by atoms with Gasteiger partial charge in [-0.15, -0.1) is 11.8 Å². The van der Waals surface area contributed by atoms with E-state index in [9.17, 15) is 22.8 Å². The number of halogens is 3. The molecular weight excluding hydrogens is 379 g/mol. The zero-order chi connectivity index (χ0) is 19.9. The molecule has 0 aliphatic carbocycles. The van der Waals surface area contributed by atoms with Gasteiger partial charge in [-0.25, -0.2) is 0 Å². The third kappa shape index (κ3) is 6.93. The zero-order valence-electron chi connectivity index (χ0n) is 14.4. The fourth-order valence-electron chi connectivity index (χ4n) is 2.17. The molecule has 0 bridgehead atoms. The molecule has 144 valence electrons. The highest BCUT2D eigenvalue weighted by atomic mass is 32.2. The summed E-state index contributed by atoms with van der Waals surface area (Å²) in [4.78, 5) is 28.2. The lowest BCUT2D eigenvalue weighted by atomic mass is 10.2. The molecule has 2 amide bonds. The SMILES string of the molecule is CC(=O)NC(CSc1cccc(C(F)(F)F)c1)C(=O)NCc1ccccn1. The van der Waals surface area contributed by atoms with E-state index in [1.54, 1.807) is 24.4 Å². The van der Waals surface area contributed by atoms with Crippen LogP contribution in [0, 0.1) is 0 Å². The van der Waals surface area contributed by atoms with Crippen LogP contribution in [-0.4, -0.2) is 28.6 Å². The van der Waals surface area contributed by atoms with Crippen molar-refractivity contribution >= 4 is 23.6 Å². The molecule has 1 unspecified atom stereocenters. The Morgan fingerprint density at radius 1 is 1.19 bits per heavy atom. The van der Waals surface area contributed by atoms with Crippen LogP contribution in [0.25, 0.3) is 0 Å². The molecule has 0 spiro atoms. The first kappa shape index (κ1) is 20.8. The highest BCUT2D eigenvalue weighted by Crippen LogP contribution is 2.32. The summed E-state index contributed by atoms with van der Waals surface area (Å²) in [6.07, 6.45) is -2.84. The lowest BCUT2D eigenvalue weighted by Crippen LogP contribution is -2.47. The monoisotopic (exact) mass is 397 g/mol. The third-order valence-electron chi connectivity index (χ3n) is 3.44. The van der Waals surface area contributed by atoms with Gasteiger partial charge in [0.15, 0.2) is 0 Å².